The number of benzene rings is 1. The molecule has 1 saturated carbocycles. The van der Waals surface area contributed by atoms with Gasteiger partial charge in [-0.1, -0.05) is 38.3 Å². The van der Waals surface area contributed by atoms with Gasteiger partial charge in [-0.2, -0.15) is 0 Å². The van der Waals surface area contributed by atoms with Crippen LogP contribution in [0.1, 0.15) is 63.9 Å². The lowest BCUT2D eigenvalue weighted by atomic mass is 9.78. The molecule has 0 radical (unpaired) electrons. The molecule has 2 saturated heterocycles. The van der Waals surface area contributed by atoms with E-state index in [-0.39, 0.29) is 30.1 Å². The van der Waals surface area contributed by atoms with Crippen LogP contribution in [0.3, 0.4) is 0 Å². The number of nitrogens with zero attached hydrogens (tertiary/aromatic N) is 2. The molecule has 2 amide bonds. The fourth-order valence-electron chi connectivity index (χ4n) is 6.09. The molecule has 0 unspecified atom stereocenters. The highest BCUT2D eigenvalue weighted by Gasteiger charge is 2.55. The molecule has 3 N–H and O–H groups in total. The lowest BCUT2D eigenvalue weighted by Gasteiger charge is -2.52. The van der Waals surface area contributed by atoms with Crippen molar-refractivity contribution in [1.82, 2.24) is 15.1 Å². The predicted molar refractivity (Wildman–Crippen MR) is 146 cm³/mol. The average molecular weight is 557 g/mol. The molecule has 11 heteroatoms. The van der Waals surface area contributed by atoms with Crippen molar-refractivity contribution in [2.24, 2.45) is 5.92 Å². The topological polar surface area (TPSA) is 119 Å². The van der Waals surface area contributed by atoms with Gasteiger partial charge in [0.15, 0.2) is 0 Å². The summed E-state index contributed by atoms with van der Waals surface area (Å²) in [6.07, 6.45) is 7.23. The molecule has 1 aromatic carbocycles. The number of amides is 2. The van der Waals surface area contributed by atoms with Crippen LogP contribution in [0.15, 0.2) is 24.3 Å². The van der Waals surface area contributed by atoms with Gasteiger partial charge in [0, 0.05) is 31.9 Å². The molecule has 0 aromatic heterocycles. The second-order valence-electron chi connectivity index (χ2n) is 10.7. The van der Waals surface area contributed by atoms with Gasteiger partial charge in [0.1, 0.15) is 11.6 Å². The zero-order valence-electron chi connectivity index (χ0n) is 21.8. The van der Waals surface area contributed by atoms with Crippen LogP contribution in [-0.4, -0.2) is 78.7 Å². The molecule has 208 valence electrons. The van der Waals surface area contributed by atoms with Crippen molar-refractivity contribution in [3.63, 3.8) is 0 Å². The quantitative estimate of drug-likeness (QED) is 0.453. The Hall–Kier alpha value is -1.88. The average Bonchev–Trinajstić information content (AvgIpc) is 2.86. The number of halogens is 1. The molecule has 2 heterocycles. The maximum Gasteiger partial charge on any atom is 0.248 e. The number of piperazine rings is 1. The first kappa shape index (κ1) is 29.7. The number of aliphatic hydroxyl groups is 1. The Morgan fingerprint density at radius 1 is 1.11 bits per heavy atom. The Morgan fingerprint density at radius 3 is 2.30 bits per heavy atom. The summed E-state index contributed by atoms with van der Waals surface area (Å²) in [5, 5.41) is 14.0. The Labute approximate surface area is 226 Å². The number of aliphatic hydroxyl groups excluding tert-OH is 1. The molecular formula is C26H41ClN4O5S. The fourth-order valence-corrected chi connectivity index (χ4v) is 6.66. The summed E-state index contributed by atoms with van der Waals surface area (Å²) in [6, 6.07) is 6.44. The van der Waals surface area contributed by atoms with E-state index in [0.717, 1.165) is 50.3 Å². The Bertz CT molecular complexity index is 1040. The maximum absolute atomic E-state index is 13.6. The van der Waals surface area contributed by atoms with E-state index in [2.05, 4.69) is 14.9 Å². The van der Waals surface area contributed by atoms with Crippen molar-refractivity contribution >= 4 is 39.9 Å². The number of carbonyl (C=O) groups excluding carboxylic acids is 2. The van der Waals surface area contributed by atoms with Gasteiger partial charge < -0.3 is 15.3 Å². The van der Waals surface area contributed by atoms with Gasteiger partial charge in [0.05, 0.1) is 12.4 Å². The standard InChI is InChI=1S/C26H40N4O5S.ClH/c1-3-15-30-24(32)22(23(31)20-7-5-4-6-8-20)27-25(33)26(30)13-16-29(17-14-26)18-19-9-11-21(12-10-19)28-36(2,34)35;/h9-12,20,22-23,28,31H,3-8,13-18H2,1-2H3,(H,27,33);1H/t22-,23-;/m1./s1. The van der Waals surface area contributed by atoms with E-state index in [1.54, 1.807) is 17.0 Å². The number of piperidine rings is 1. The summed E-state index contributed by atoms with van der Waals surface area (Å²) in [5.74, 6) is -0.213. The highest BCUT2D eigenvalue weighted by Crippen LogP contribution is 2.36. The summed E-state index contributed by atoms with van der Waals surface area (Å²) in [7, 11) is -3.32. The van der Waals surface area contributed by atoms with Crippen LogP contribution in [0.2, 0.25) is 0 Å². The molecule has 0 bridgehead atoms. The normalized spacial score (nSPS) is 23.9. The van der Waals surface area contributed by atoms with E-state index >= 15 is 0 Å². The lowest BCUT2D eigenvalue weighted by molar-refractivity contribution is -0.165. The minimum absolute atomic E-state index is 0. The number of nitrogens with one attached hydrogen (secondary N) is 2. The van der Waals surface area contributed by atoms with Crippen LogP contribution in [0.25, 0.3) is 0 Å². The Kier molecular flexibility index (Phi) is 9.88. The second-order valence-corrected chi connectivity index (χ2v) is 12.5. The Balaban J connectivity index is 0.00000380. The molecule has 37 heavy (non-hydrogen) atoms. The first-order chi connectivity index (χ1) is 17.1. The molecule has 2 atom stereocenters. The van der Waals surface area contributed by atoms with E-state index in [1.165, 1.54) is 0 Å². The first-order valence-corrected chi connectivity index (χ1v) is 15.1. The molecule has 3 aliphatic rings. The van der Waals surface area contributed by atoms with E-state index in [1.807, 2.05) is 19.1 Å². The van der Waals surface area contributed by atoms with E-state index in [9.17, 15) is 23.1 Å². The zero-order valence-corrected chi connectivity index (χ0v) is 23.5. The summed E-state index contributed by atoms with van der Waals surface area (Å²) in [5.41, 5.74) is 0.710. The van der Waals surface area contributed by atoms with Crippen LogP contribution in [-0.2, 0) is 26.2 Å². The fraction of sp³-hybridized carbons (Fsp3) is 0.692. The highest BCUT2D eigenvalue weighted by molar-refractivity contribution is 7.92. The smallest absolute Gasteiger partial charge is 0.248 e. The molecule has 4 rings (SSSR count). The van der Waals surface area contributed by atoms with Gasteiger partial charge in [0.25, 0.3) is 0 Å². The third kappa shape index (κ3) is 6.77. The number of anilines is 1. The Morgan fingerprint density at radius 2 is 1.73 bits per heavy atom. The number of carbonyl (C=O) groups is 2. The van der Waals surface area contributed by atoms with Crippen molar-refractivity contribution in [2.75, 3.05) is 30.6 Å². The minimum atomic E-state index is -3.32. The zero-order chi connectivity index (χ0) is 25.9. The van der Waals surface area contributed by atoms with Crippen LogP contribution >= 0.6 is 12.4 Å². The largest absolute Gasteiger partial charge is 0.390 e. The predicted octanol–water partition coefficient (Wildman–Crippen LogP) is 2.49. The van der Waals surface area contributed by atoms with Crippen molar-refractivity contribution in [2.45, 2.75) is 82.5 Å². The van der Waals surface area contributed by atoms with Gasteiger partial charge in [-0.3, -0.25) is 19.2 Å². The van der Waals surface area contributed by atoms with Crippen LogP contribution < -0.4 is 10.0 Å². The van der Waals surface area contributed by atoms with Crippen molar-refractivity contribution in [3.8, 4) is 0 Å². The van der Waals surface area contributed by atoms with Crippen molar-refractivity contribution in [3.05, 3.63) is 29.8 Å². The SMILES string of the molecule is CCCN1C(=O)[C@@H]([C@H](O)C2CCCCC2)NC(=O)C12CCN(Cc1ccc(NS(C)(=O)=O)cc1)CC2.Cl. The van der Waals surface area contributed by atoms with Crippen LogP contribution in [0, 0.1) is 5.92 Å². The number of sulfonamides is 1. The van der Waals surface area contributed by atoms with Crippen LogP contribution in [0.5, 0.6) is 0 Å². The first-order valence-electron chi connectivity index (χ1n) is 13.2. The summed E-state index contributed by atoms with van der Waals surface area (Å²) < 4.78 is 25.3. The number of hydrogen-bond acceptors (Lipinski definition) is 6. The monoisotopic (exact) mass is 556 g/mol. The maximum atomic E-state index is 13.6. The molecule has 2 aliphatic heterocycles. The molecule has 9 nitrogen and oxygen atoms in total. The summed E-state index contributed by atoms with van der Waals surface area (Å²) in [6.45, 7) is 4.54. The second kappa shape index (κ2) is 12.3. The summed E-state index contributed by atoms with van der Waals surface area (Å²) >= 11 is 0. The molecule has 1 spiro atoms. The third-order valence-corrected chi connectivity index (χ3v) is 8.63. The highest BCUT2D eigenvalue weighted by atomic mass is 35.5. The van der Waals surface area contributed by atoms with E-state index < -0.39 is 27.7 Å². The number of likely N-dealkylation sites (tertiary alicyclic amines) is 1. The van der Waals surface area contributed by atoms with Crippen molar-refractivity contribution in [1.29, 1.82) is 0 Å². The molecule has 3 fully saturated rings. The molecule has 1 aromatic rings. The van der Waals surface area contributed by atoms with Crippen LogP contribution in [0.4, 0.5) is 5.69 Å². The number of hydrogen-bond donors (Lipinski definition) is 3. The molecular weight excluding hydrogens is 516 g/mol. The summed E-state index contributed by atoms with van der Waals surface area (Å²) in [4.78, 5) is 31.2. The van der Waals surface area contributed by atoms with E-state index in [4.69, 9.17) is 0 Å². The van der Waals surface area contributed by atoms with Gasteiger partial charge in [0.2, 0.25) is 21.8 Å². The van der Waals surface area contributed by atoms with Gasteiger partial charge >= 0.3 is 0 Å². The molecule has 1 aliphatic carbocycles. The lowest BCUT2D eigenvalue weighted by Crippen LogP contribution is -2.75. The van der Waals surface area contributed by atoms with Gasteiger partial charge in [-0.25, -0.2) is 8.42 Å². The van der Waals surface area contributed by atoms with Gasteiger partial charge in [-0.15, -0.1) is 12.4 Å². The van der Waals surface area contributed by atoms with Gasteiger partial charge in [-0.05, 0) is 55.7 Å². The number of rotatable bonds is 8. The third-order valence-electron chi connectivity index (χ3n) is 8.03. The van der Waals surface area contributed by atoms with E-state index in [0.29, 0.717) is 44.7 Å². The minimum Gasteiger partial charge on any atom is -0.390 e. The van der Waals surface area contributed by atoms with Crippen molar-refractivity contribution < 1.29 is 23.1 Å².